The molecule has 0 spiro atoms. The molecule has 2 aliphatic rings. The van der Waals surface area contributed by atoms with Crippen LogP contribution in [0.2, 0.25) is 0 Å². The van der Waals surface area contributed by atoms with E-state index in [-0.39, 0.29) is 0 Å². The molecule has 4 rings (SSSR count). The molecule has 128 valence electrons. The predicted octanol–water partition coefficient (Wildman–Crippen LogP) is 1.47. The highest BCUT2D eigenvalue weighted by Gasteiger charge is 2.24. The van der Waals surface area contributed by atoms with Gasteiger partial charge in [-0.05, 0) is 6.07 Å². The Morgan fingerprint density at radius 2 is 2.12 bits per heavy atom. The monoisotopic (exact) mass is 330 g/mol. The average molecular weight is 330 g/mol. The van der Waals surface area contributed by atoms with Gasteiger partial charge in [0.15, 0.2) is 5.75 Å². The Morgan fingerprint density at radius 1 is 1.25 bits per heavy atom. The fourth-order valence-corrected chi connectivity index (χ4v) is 3.35. The van der Waals surface area contributed by atoms with E-state index in [2.05, 4.69) is 19.9 Å². The summed E-state index contributed by atoms with van der Waals surface area (Å²) in [6.45, 7) is 6.05. The number of piperazine rings is 1. The highest BCUT2D eigenvalue weighted by atomic mass is 16.5. The van der Waals surface area contributed by atoms with E-state index in [9.17, 15) is 0 Å². The van der Waals surface area contributed by atoms with Crippen LogP contribution >= 0.6 is 0 Å². The van der Waals surface area contributed by atoms with E-state index in [0.717, 1.165) is 74.2 Å². The zero-order chi connectivity index (χ0) is 16.4. The van der Waals surface area contributed by atoms with Crippen LogP contribution in [0.1, 0.15) is 17.0 Å². The van der Waals surface area contributed by atoms with Gasteiger partial charge in [0.2, 0.25) is 0 Å². The number of hydrogen-bond acceptors (Lipinski definition) is 7. The molecular weight excluding hydrogens is 308 g/mol. The van der Waals surface area contributed by atoms with Crippen LogP contribution < -0.4 is 9.64 Å². The maximum absolute atomic E-state index is 5.54. The maximum Gasteiger partial charge on any atom is 0.160 e. The number of pyridine rings is 1. The zero-order valence-corrected chi connectivity index (χ0v) is 13.9. The van der Waals surface area contributed by atoms with Crippen LogP contribution in [0.5, 0.6) is 5.75 Å². The van der Waals surface area contributed by atoms with Gasteiger partial charge in [-0.25, -0.2) is 0 Å². The number of nitrogens with zero attached hydrogens (tertiary/aromatic N) is 4. The summed E-state index contributed by atoms with van der Waals surface area (Å²) in [5.41, 5.74) is 3.29. The second-order valence-corrected chi connectivity index (χ2v) is 6.14. The first-order valence-electron chi connectivity index (χ1n) is 8.34. The molecule has 0 unspecified atom stereocenters. The smallest absolute Gasteiger partial charge is 0.160 e. The van der Waals surface area contributed by atoms with Crippen molar-refractivity contribution < 1.29 is 14.0 Å². The summed E-state index contributed by atoms with van der Waals surface area (Å²) in [5, 5.41) is 4.26. The molecule has 0 N–H and O–H groups in total. The van der Waals surface area contributed by atoms with Crippen LogP contribution in [0.3, 0.4) is 0 Å². The standard InChI is InChI=1S/C17H22N4O3/c1-22-17-10-18-4-2-15(17)21-7-5-20(6-8-21)11-14-13-12-23-9-3-16(13)24-19-14/h2,4,10H,3,5-9,11-12H2,1H3. The molecule has 0 aliphatic carbocycles. The van der Waals surface area contributed by atoms with Crippen molar-refractivity contribution in [3.05, 3.63) is 35.5 Å². The van der Waals surface area contributed by atoms with Gasteiger partial charge in [-0.1, -0.05) is 5.16 Å². The molecule has 24 heavy (non-hydrogen) atoms. The van der Waals surface area contributed by atoms with Crippen molar-refractivity contribution in [1.82, 2.24) is 15.0 Å². The average Bonchev–Trinajstić information content (AvgIpc) is 3.05. The number of hydrogen-bond donors (Lipinski definition) is 0. The van der Waals surface area contributed by atoms with E-state index in [1.54, 1.807) is 13.3 Å². The van der Waals surface area contributed by atoms with Crippen LogP contribution in [0.25, 0.3) is 0 Å². The fraction of sp³-hybridized carbons (Fsp3) is 0.529. The highest BCUT2D eigenvalue weighted by molar-refractivity contribution is 5.57. The van der Waals surface area contributed by atoms with E-state index < -0.39 is 0 Å². The molecule has 0 aromatic carbocycles. The molecule has 2 aliphatic heterocycles. The minimum absolute atomic E-state index is 0.627. The maximum atomic E-state index is 5.54. The van der Waals surface area contributed by atoms with E-state index in [4.69, 9.17) is 14.0 Å². The van der Waals surface area contributed by atoms with Gasteiger partial charge in [0.05, 0.1) is 32.2 Å². The summed E-state index contributed by atoms with van der Waals surface area (Å²) in [5.74, 6) is 1.82. The summed E-state index contributed by atoms with van der Waals surface area (Å²) < 4.78 is 16.4. The number of methoxy groups -OCH3 is 1. The van der Waals surface area contributed by atoms with Gasteiger partial charge in [-0.15, -0.1) is 0 Å². The zero-order valence-electron chi connectivity index (χ0n) is 13.9. The van der Waals surface area contributed by atoms with Crippen LogP contribution in [-0.4, -0.2) is 54.9 Å². The van der Waals surface area contributed by atoms with E-state index in [1.807, 2.05) is 12.3 Å². The summed E-state index contributed by atoms with van der Waals surface area (Å²) in [6, 6.07) is 2.01. The van der Waals surface area contributed by atoms with Crippen LogP contribution in [0.15, 0.2) is 23.0 Å². The second kappa shape index (κ2) is 6.78. The van der Waals surface area contributed by atoms with Crippen molar-refractivity contribution >= 4 is 5.69 Å². The SMILES string of the molecule is COc1cnccc1N1CCN(Cc2noc3c2COCC3)CC1. The van der Waals surface area contributed by atoms with Gasteiger partial charge < -0.3 is 18.9 Å². The molecule has 0 bridgehead atoms. The first-order chi connectivity index (χ1) is 11.8. The molecule has 0 atom stereocenters. The van der Waals surface area contributed by atoms with Crippen molar-refractivity contribution in [2.24, 2.45) is 0 Å². The third kappa shape index (κ3) is 2.97. The topological polar surface area (TPSA) is 63.9 Å². The normalized spacial score (nSPS) is 18.5. The Balaban J connectivity index is 1.39. The molecule has 2 aromatic heterocycles. The molecule has 4 heterocycles. The molecule has 0 amide bonds. The molecule has 1 fully saturated rings. The largest absolute Gasteiger partial charge is 0.493 e. The van der Waals surface area contributed by atoms with Crippen molar-refractivity contribution in [2.75, 3.05) is 44.8 Å². The molecule has 2 aromatic rings. The number of anilines is 1. The summed E-state index contributed by atoms with van der Waals surface area (Å²) in [7, 11) is 1.69. The van der Waals surface area contributed by atoms with Crippen molar-refractivity contribution in [2.45, 2.75) is 19.6 Å². The molecular formula is C17H22N4O3. The lowest BCUT2D eigenvalue weighted by molar-refractivity contribution is 0.102. The third-order valence-corrected chi connectivity index (χ3v) is 4.74. The van der Waals surface area contributed by atoms with Gasteiger partial charge >= 0.3 is 0 Å². The molecule has 7 nitrogen and oxygen atoms in total. The third-order valence-electron chi connectivity index (χ3n) is 4.74. The number of rotatable bonds is 4. The quantitative estimate of drug-likeness (QED) is 0.841. The lowest BCUT2D eigenvalue weighted by Gasteiger charge is -2.36. The Morgan fingerprint density at radius 3 is 2.96 bits per heavy atom. The van der Waals surface area contributed by atoms with Crippen LogP contribution in [0.4, 0.5) is 5.69 Å². The predicted molar refractivity (Wildman–Crippen MR) is 88.1 cm³/mol. The minimum atomic E-state index is 0.627. The van der Waals surface area contributed by atoms with Crippen molar-refractivity contribution in [3.8, 4) is 5.75 Å². The Bertz CT molecular complexity index is 695. The minimum Gasteiger partial charge on any atom is -0.493 e. The van der Waals surface area contributed by atoms with E-state index in [0.29, 0.717) is 6.61 Å². The van der Waals surface area contributed by atoms with E-state index >= 15 is 0 Å². The Hall–Kier alpha value is -2.12. The lowest BCUT2D eigenvalue weighted by atomic mass is 10.1. The van der Waals surface area contributed by atoms with Crippen LogP contribution in [0, 0.1) is 0 Å². The summed E-state index contributed by atoms with van der Waals surface area (Å²) >= 11 is 0. The number of fused-ring (bicyclic) bond motifs is 1. The molecule has 0 radical (unpaired) electrons. The first kappa shape index (κ1) is 15.4. The van der Waals surface area contributed by atoms with Gasteiger partial charge in [0.1, 0.15) is 11.5 Å². The summed E-state index contributed by atoms with van der Waals surface area (Å²) in [4.78, 5) is 8.88. The highest BCUT2D eigenvalue weighted by Crippen LogP contribution is 2.28. The fourth-order valence-electron chi connectivity index (χ4n) is 3.35. The summed E-state index contributed by atoms with van der Waals surface area (Å²) in [6.07, 6.45) is 4.41. The Kier molecular flexibility index (Phi) is 4.36. The second-order valence-electron chi connectivity index (χ2n) is 6.14. The molecule has 7 heteroatoms. The van der Waals surface area contributed by atoms with Gasteiger partial charge in [-0.2, -0.15) is 0 Å². The van der Waals surface area contributed by atoms with Gasteiger partial charge in [-0.3, -0.25) is 9.88 Å². The Labute approximate surface area is 141 Å². The van der Waals surface area contributed by atoms with Gasteiger partial charge in [0.25, 0.3) is 0 Å². The van der Waals surface area contributed by atoms with Crippen molar-refractivity contribution in [3.63, 3.8) is 0 Å². The van der Waals surface area contributed by atoms with Gasteiger partial charge in [0, 0.05) is 50.9 Å². The molecule has 1 saturated heterocycles. The molecule has 0 saturated carbocycles. The lowest BCUT2D eigenvalue weighted by Crippen LogP contribution is -2.46. The van der Waals surface area contributed by atoms with Crippen molar-refractivity contribution in [1.29, 1.82) is 0 Å². The number of aromatic nitrogens is 2. The first-order valence-corrected chi connectivity index (χ1v) is 8.34. The number of ether oxygens (including phenoxy) is 2. The van der Waals surface area contributed by atoms with E-state index in [1.165, 1.54) is 0 Å². The van der Waals surface area contributed by atoms with Crippen LogP contribution in [-0.2, 0) is 24.3 Å².